The number of nitrogens with zero attached hydrogens (tertiary/aromatic N) is 1. The molecule has 104 valence electrons. The van der Waals surface area contributed by atoms with Crippen LogP contribution in [-0.2, 0) is 0 Å². The van der Waals surface area contributed by atoms with Crippen LogP contribution < -0.4 is 9.47 Å². The summed E-state index contributed by atoms with van der Waals surface area (Å²) in [5.41, 5.74) is -0.0776. The van der Waals surface area contributed by atoms with Gasteiger partial charge in [0.15, 0.2) is 5.69 Å². The van der Waals surface area contributed by atoms with Crippen LogP contribution in [0.1, 0.15) is 10.5 Å². The smallest absolute Gasteiger partial charge is 0.354 e. The number of pyridine rings is 1. The molecule has 5 nitrogen and oxygen atoms in total. The molecule has 1 heterocycles. The van der Waals surface area contributed by atoms with Crippen LogP contribution >= 0.6 is 31.9 Å². The summed E-state index contributed by atoms with van der Waals surface area (Å²) in [4.78, 5) is 14.8. The lowest BCUT2D eigenvalue weighted by Gasteiger charge is -2.10. The molecule has 0 spiro atoms. The van der Waals surface area contributed by atoms with Crippen molar-refractivity contribution in [1.29, 1.82) is 0 Å². The highest BCUT2D eigenvalue weighted by Gasteiger charge is 2.11. The molecular formula is C13H9Br2NO4. The maximum absolute atomic E-state index is 10.9. The molecule has 0 aliphatic heterocycles. The number of hydrogen-bond donors (Lipinski definition) is 1. The number of carboxylic acids is 1. The molecule has 0 aliphatic carbocycles. The zero-order valence-electron chi connectivity index (χ0n) is 10.3. The molecular weight excluding hydrogens is 394 g/mol. The van der Waals surface area contributed by atoms with Crippen molar-refractivity contribution >= 4 is 37.8 Å². The molecule has 7 heteroatoms. The lowest BCUT2D eigenvalue weighted by molar-refractivity contribution is 0.0689. The number of benzene rings is 1. The largest absolute Gasteiger partial charge is 0.496 e. The topological polar surface area (TPSA) is 68.7 Å². The van der Waals surface area contributed by atoms with E-state index in [4.69, 9.17) is 14.6 Å². The van der Waals surface area contributed by atoms with Crippen LogP contribution in [0.2, 0.25) is 0 Å². The lowest BCUT2D eigenvalue weighted by Crippen LogP contribution is -2.01. The van der Waals surface area contributed by atoms with Crippen molar-refractivity contribution < 1.29 is 19.4 Å². The summed E-state index contributed by atoms with van der Waals surface area (Å²) < 4.78 is 12.1. The monoisotopic (exact) mass is 401 g/mol. The van der Waals surface area contributed by atoms with E-state index in [9.17, 15) is 4.79 Å². The fraction of sp³-hybridized carbons (Fsp3) is 0.0769. The van der Waals surface area contributed by atoms with Crippen LogP contribution in [0.15, 0.2) is 39.3 Å². The number of halogens is 2. The van der Waals surface area contributed by atoms with E-state index in [1.54, 1.807) is 31.4 Å². The summed E-state index contributed by atoms with van der Waals surface area (Å²) in [6.07, 6.45) is 0. The third-order valence-corrected chi connectivity index (χ3v) is 3.60. The summed E-state index contributed by atoms with van der Waals surface area (Å²) in [7, 11) is 1.56. The Morgan fingerprint density at radius 3 is 2.50 bits per heavy atom. The molecule has 0 radical (unpaired) electrons. The van der Waals surface area contributed by atoms with Crippen molar-refractivity contribution in [2.24, 2.45) is 0 Å². The Hall–Kier alpha value is -1.60. The molecule has 0 amide bonds. The highest BCUT2D eigenvalue weighted by Crippen LogP contribution is 2.37. The van der Waals surface area contributed by atoms with Crippen LogP contribution in [0.4, 0.5) is 0 Å². The average Bonchev–Trinajstić information content (AvgIpc) is 2.42. The van der Waals surface area contributed by atoms with E-state index in [1.807, 2.05) is 0 Å². The normalized spacial score (nSPS) is 10.2. The van der Waals surface area contributed by atoms with Gasteiger partial charge in [0, 0.05) is 6.07 Å². The highest BCUT2D eigenvalue weighted by atomic mass is 79.9. The molecule has 1 aromatic heterocycles. The van der Waals surface area contributed by atoms with Gasteiger partial charge in [0.1, 0.15) is 11.5 Å². The number of rotatable bonds is 4. The minimum absolute atomic E-state index is 0.0776. The summed E-state index contributed by atoms with van der Waals surface area (Å²) in [6, 6.07) is 7.99. The minimum Gasteiger partial charge on any atom is -0.496 e. The maximum Gasteiger partial charge on any atom is 0.354 e. The van der Waals surface area contributed by atoms with Crippen molar-refractivity contribution in [3.05, 3.63) is 45.0 Å². The Morgan fingerprint density at radius 2 is 1.85 bits per heavy atom. The first-order valence-corrected chi connectivity index (χ1v) is 7.01. The Bertz CT molecular complexity index is 661. The number of carbonyl (C=O) groups is 1. The first kappa shape index (κ1) is 14.8. The van der Waals surface area contributed by atoms with Crippen LogP contribution in [-0.4, -0.2) is 23.2 Å². The molecule has 0 bridgehead atoms. The Morgan fingerprint density at radius 1 is 1.20 bits per heavy atom. The van der Waals surface area contributed by atoms with E-state index in [2.05, 4.69) is 36.8 Å². The molecule has 0 aliphatic rings. The Kier molecular flexibility index (Phi) is 4.61. The summed E-state index contributed by atoms with van der Waals surface area (Å²) in [6.45, 7) is 0. The van der Waals surface area contributed by atoms with Gasteiger partial charge in [-0.15, -0.1) is 0 Å². The van der Waals surface area contributed by atoms with Gasteiger partial charge in [-0.2, -0.15) is 0 Å². The van der Waals surface area contributed by atoms with Gasteiger partial charge in [-0.1, -0.05) is 6.07 Å². The van der Waals surface area contributed by atoms with Gasteiger partial charge in [0.25, 0.3) is 0 Å². The summed E-state index contributed by atoms with van der Waals surface area (Å²) in [5.74, 6) is 0.234. The molecule has 1 N–H and O–H groups in total. The number of hydrogen-bond acceptors (Lipinski definition) is 4. The molecule has 20 heavy (non-hydrogen) atoms. The van der Waals surface area contributed by atoms with Crippen molar-refractivity contribution in [2.75, 3.05) is 7.11 Å². The summed E-state index contributed by atoms with van der Waals surface area (Å²) >= 11 is 6.71. The van der Waals surface area contributed by atoms with E-state index in [0.29, 0.717) is 20.4 Å². The van der Waals surface area contributed by atoms with Crippen LogP contribution in [0.3, 0.4) is 0 Å². The van der Waals surface area contributed by atoms with Gasteiger partial charge in [0.05, 0.1) is 16.1 Å². The first-order chi connectivity index (χ1) is 9.51. The predicted molar refractivity (Wildman–Crippen MR) is 79.7 cm³/mol. The second kappa shape index (κ2) is 6.23. The fourth-order valence-electron chi connectivity index (χ4n) is 1.45. The SMILES string of the molecule is COc1cc(Br)c(Oc2cccc(C(=O)O)n2)cc1Br. The van der Waals surface area contributed by atoms with Gasteiger partial charge in [-0.25, -0.2) is 9.78 Å². The van der Waals surface area contributed by atoms with E-state index >= 15 is 0 Å². The van der Waals surface area contributed by atoms with Crippen LogP contribution in [0.25, 0.3) is 0 Å². The molecule has 0 fully saturated rings. The van der Waals surface area contributed by atoms with Crippen molar-refractivity contribution in [3.63, 3.8) is 0 Å². The van der Waals surface area contributed by atoms with E-state index in [-0.39, 0.29) is 11.6 Å². The summed E-state index contributed by atoms with van der Waals surface area (Å²) in [5, 5.41) is 8.89. The molecule has 0 unspecified atom stereocenters. The lowest BCUT2D eigenvalue weighted by atomic mass is 10.3. The number of carboxylic acid groups (broad SMARTS) is 1. The number of aromatic carboxylic acids is 1. The number of ether oxygens (including phenoxy) is 2. The highest BCUT2D eigenvalue weighted by molar-refractivity contribution is 9.11. The van der Waals surface area contributed by atoms with Gasteiger partial charge in [0.2, 0.25) is 5.88 Å². The van der Waals surface area contributed by atoms with E-state index in [1.165, 1.54) is 6.07 Å². The maximum atomic E-state index is 10.9. The minimum atomic E-state index is -1.11. The van der Waals surface area contributed by atoms with Crippen LogP contribution in [0, 0.1) is 0 Å². The standard InChI is InChI=1S/C13H9Br2NO4/c1-19-10-5-8(15)11(6-7(10)14)20-12-4-2-3-9(16-12)13(17)18/h2-6H,1H3,(H,17,18). The number of aromatic nitrogens is 1. The second-order valence-electron chi connectivity index (χ2n) is 3.69. The van der Waals surface area contributed by atoms with Crippen molar-refractivity contribution in [1.82, 2.24) is 4.98 Å². The van der Waals surface area contributed by atoms with Gasteiger partial charge in [-0.3, -0.25) is 0 Å². The third-order valence-electron chi connectivity index (χ3n) is 2.36. The zero-order chi connectivity index (χ0) is 14.7. The quantitative estimate of drug-likeness (QED) is 0.833. The fourth-order valence-corrected chi connectivity index (χ4v) is 2.34. The zero-order valence-corrected chi connectivity index (χ0v) is 13.4. The molecule has 0 saturated carbocycles. The first-order valence-electron chi connectivity index (χ1n) is 5.42. The molecule has 2 rings (SSSR count). The molecule has 1 aromatic carbocycles. The van der Waals surface area contributed by atoms with Crippen LogP contribution in [0.5, 0.6) is 17.4 Å². The van der Waals surface area contributed by atoms with Gasteiger partial charge >= 0.3 is 5.97 Å². The van der Waals surface area contributed by atoms with Gasteiger partial charge < -0.3 is 14.6 Å². The van der Waals surface area contributed by atoms with Crippen molar-refractivity contribution in [2.45, 2.75) is 0 Å². The van der Waals surface area contributed by atoms with E-state index in [0.717, 1.165) is 0 Å². The van der Waals surface area contributed by atoms with Crippen molar-refractivity contribution in [3.8, 4) is 17.4 Å². The number of methoxy groups -OCH3 is 1. The van der Waals surface area contributed by atoms with E-state index < -0.39 is 5.97 Å². The predicted octanol–water partition coefficient (Wildman–Crippen LogP) is 4.11. The molecule has 0 atom stereocenters. The Labute approximate surface area is 131 Å². The molecule has 2 aromatic rings. The van der Waals surface area contributed by atoms with Gasteiger partial charge in [-0.05, 0) is 50.1 Å². The molecule has 0 saturated heterocycles. The Balaban J connectivity index is 2.32. The second-order valence-corrected chi connectivity index (χ2v) is 5.39. The average molecular weight is 403 g/mol. The third kappa shape index (κ3) is 3.29.